The van der Waals surface area contributed by atoms with Crippen LogP contribution in [0.3, 0.4) is 0 Å². The first kappa shape index (κ1) is 106. The third-order valence-corrected chi connectivity index (χ3v) is 19.9. The van der Waals surface area contributed by atoms with Crippen LogP contribution < -0.4 is 0 Å². The molecule has 1 aliphatic heterocycles. The Kier molecular flexibility index (Phi) is 47.0. The van der Waals surface area contributed by atoms with E-state index < -0.39 is 11.9 Å². The Morgan fingerprint density at radius 3 is 1.01 bits per heavy atom. The van der Waals surface area contributed by atoms with Crippen LogP contribution in [0.2, 0.25) is 0 Å². The van der Waals surface area contributed by atoms with E-state index in [9.17, 15) is 38.7 Å². The Morgan fingerprint density at radius 1 is 0.344 bits per heavy atom. The fraction of sp³-hybridized carbons (Fsp3) is 0.191. The molecular formula is C115H116O16. The molecule has 0 atom stereocenters. The molecule has 0 unspecified atom stereocenters. The average Bonchev–Trinajstić information content (AvgIpc) is 1.33. The number of fused-ring (bicyclic) bond motifs is 10. The highest BCUT2D eigenvalue weighted by atomic mass is 16.6. The van der Waals surface area contributed by atoms with Crippen molar-refractivity contribution >= 4 is 87.2 Å². The minimum absolute atomic E-state index is 0.149. The second-order valence-electron chi connectivity index (χ2n) is 28.3. The monoisotopic (exact) mass is 1750 g/mol. The van der Waals surface area contributed by atoms with E-state index in [1.807, 2.05) is 240 Å². The number of hydrogen-bond acceptors (Lipinski definition) is 16. The summed E-state index contributed by atoms with van der Waals surface area (Å²) in [5, 5.41) is 23.0. The lowest BCUT2D eigenvalue weighted by Crippen LogP contribution is -2.15. The Morgan fingerprint density at radius 2 is 0.649 bits per heavy atom. The topological polar surface area (TPSA) is 256 Å². The number of esters is 4. The van der Waals surface area contributed by atoms with Gasteiger partial charge in [0, 0.05) is 44.5 Å². The molecule has 0 saturated heterocycles. The summed E-state index contributed by atoms with van der Waals surface area (Å²) in [6.07, 6.45) is 7.06. The van der Waals surface area contributed by atoms with Gasteiger partial charge in [-0.1, -0.05) is 368 Å². The van der Waals surface area contributed by atoms with E-state index in [0.29, 0.717) is 54.2 Å². The van der Waals surface area contributed by atoms with Crippen LogP contribution in [0.5, 0.6) is 11.5 Å². The lowest BCUT2D eigenvalue weighted by molar-refractivity contribution is -0.193. The van der Waals surface area contributed by atoms with Gasteiger partial charge in [0.2, 0.25) is 0 Å². The van der Waals surface area contributed by atoms with E-state index in [1.54, 1.807) is 74.5 Å². The number of benzene rings is 14. The maximum absolute atomic E-state index is 12.5. The van der Waals surface area contributed by atoms with Gasteiger partial charge in [0.05, 0.1) is 24.3 Å². The summed E-state index contributed by atoms with van der Waals surface area (Å²) >= 11 is 0. The Balaban J connectivity index is 0.000000260. The smallest absolute Gasteiger partial charge is 0.373 e. The predicted octanol–water partition coefficient (Wildman–Crippen LogP) is 26.8. The number of aryl methyl sites for hydroxylation is 1. The molecule has 16 heteroatoms. The van der Waals surface area contributed by atoms with Gasteiger partial charge in [-0.3, -0.25) is 14.4 Å². The zero-order valence-corrected chi connectivity index (χ0v) is 77.3. The molecule has 2 N–H and O–H groups in total. The highest BCUT2D eigenvalue weighted by Crippen LogP contribution is 2.37. The van der Waals surface area contributed by atoms with Crippen LogP contribution in [-0.4, -0.2) is 77.0 Å². The normalized spacial score (nSPS) is 11.1. The first-order valence-electron chi connectivity index (χ1n) is 44.0. The lowest BCUT2D eigenvalue weighted by atomic mass is 9.83. The van der Waals surface area contributed by atoms with Crippen molar-refractivity contribution in [2.75, 3.05) is 13.2 Å². The highest BCUT2D eigenvalue weighted by Gasteiger charge is 2.30. The van der Waals surface area contributed by atoms with Crippen molar-refractivity contribution in [1.82, 2.24) is 0 Å². The molecule has 18 rings (SSSR count). The van der Waals surface area contributed by atoms with Crippen LogP contribution in [0, 0.1) is 6.92 Å². The SMILES string of the molecule is CC.CC.CC.CC.CC(C)c1ccc2c(c1)C(=O)c1ccccc1C2.CCOC(=O)/C(=C/c1ccc(O)c(C)c1)CC.CCOC(=O)/C(=C/c1ccc(O)cc1)CC.O=C1OC(=O)c2cc3ccccc3cc21.O=C1c2ccccc2-c2ccccc21.O=C1c2ccccc2Cc2ccccc21.O=C=O.O=C=O.c1ccc(-c2ccccc2)cc1.c1ccc2ccccc2c1. The summed E-state index contributed by atoms with van der Waals surface area (Å²) < 4.78 is 14.4. The molecule has 3 aliphatic carbocycles. The molecule has 1 heterocycles. The van der Waals surface area contributed by atoms with Crippen LogP contribution in [0.1, 0.15) is 229 Å². The van der Waals surface area contributed by atoms with Crippen molar-refractivity contribution in [3.8, 4) is 33.8 Å². The molecule has 16 nitrogen and oxygen atoms in total. The van der Waals surface area contributed by atoms with Gasteiger partial charge in [-0.25, -0.2) is 19.2 Å². The quantitative estimate of drug-likeness (QED) is 0.0558. The van der Waals surface area contributed by atoms with Gasteiger partial charge in [0.15, 0.2) is 17.3 Å². The van der Waals surface area contributed by atoms with Gasteiger partial charge in [0.1, 0.15) is 11.5 Å². The summed E-state index contributed by atoms with van der Waals surface area (Å²) in [6.45, 7) is 30.3. The second kappa shape index (κ2) is 58.0. The van der Waals surface area contributed by atoms with Crippen molar-refractivity contribution in [3.63, 3.8) is 0 Å². The third-order valence-electron chi connectivity index (χ3n) is 19.9. The molecule has 672 valence electrons. The Hall–Kier alpha value is -15.5. The summed E-state index contributed by atoms with van der Waals surface area (Å²) in [6, 6.07) is 106. The van der Waals surface area contributed by atoms with Gasteiger partial charge in [-0.2, -0.15) is 19.2 Å². The Labute approximate surface area is 770 Å². The molecule has 0 spiro atoms. The molecule has 0 aromatic heterocycles. The summed E-state index contributed by atoms with van der Waals surface area (Å²) in [4.78, 5) is 115. The molecule has 4 aliphatic rings. The molecule has 0 saturated carbocycles. The van der Waals surface area contributed by atoms with Crippen LogP contribution >= 0.6 is 0 Å². The summed E-state index contributed by atoms with van der Waals surface area (Å²) in [5.41, 5.74) is 20.2. The lowest BCUT2D eigenvalue weighted by Gasteiger charge is -2.19. The number of hydrogen-bond donors (Lipinski definition) is 2. The first-order valence-corrected chi connectivity index (χ1v) is 44.0. The fourth-order valence-corrected chi connectivity index (χ4v) is 13.7. The maximum atomic E-state index is 12.5. The molecule has 131 heavy (non-hydrogen) atoms. The fourth-order valence-electron chi connectivity index (χ4n) is 13.7. The number of aromatic hydroxyl groups is 2. The number of cyclic esters (lactones) is 2. The van der Waals surface area contributed by atoms with E-state index in [4.69, 9.17) is 33.8 Å². The van der Waals surface area contributed by atoms with Crippen molar-refractivity contribution in [2.45, 2.75) is 135 Å². The maximum Gasteiger partial charge on any atom is 0.373 e. The molecule has 14 aromatic carbocycles. The molecular weight excluding hydrogens is 1640 g/mol. The summed E-state index contributed by atoms with van der Waals surface area (Å²) in [7, 11) is 0. The number of phenolic OH excluding ortho intramolecular Hbond substituents is 2. The number of phenols is 2. The van der Waals surface area contributed by atoms with E-state index in [1.165, 1.54) is 27.5 Å². The minimum atomic E-state index is -0.555. The van der Waals surface area contributed by atoms with Crippen LogP contribution in [0.15, 0.2) is 339 Å². The Bertz CT molecular complexity index is 5920. The molecule has 0 bridgehead atoms. The van der Waals surface area contributed by atoms with E-state index in [0.717, 1.165) is 107 Å². The van der Waals surface area contributed by atoms with Crippen molar-refractivity contribution in [2.24, 2.45) is 0 Å². The molecule has 14 aromatic rings. The second-order valence-corrected chi connectivity index (χ2v) is 28.3. The predicted molar refractivity (Wildman–Crippen MR) is 523 cm³/mol. The minimum Gasteiger partial charge on any atom is -0.508 e. The third kappa shape index (κ3) is 31.5. The molecule has 0 fully saturated rings. The standard InChI is InChI=1S/C17H16O.C14H18O3.C14H10O.C13H16O3.C13H8O.C12H6O3.C12H10.C10H8.4C2H6.2CO2/c1-11(2)12-7-8-14-9-13-5-3-4-6-15(13)17(18)16(14)10-12;1-4-12(14(16)17-5-2)9-11-6-7-13(15)10(3)8-11;15-14-12-7-3-1-5-10(12)9-11-6-2-4-8-13(11)14;1-3-11(13(15)16-4-2)9-10-5-7-12(14)8-6-10;14-13-11-7-3-1-5-9(11)10-6-2-4-8-12(10)13;13-11-9-5-7-3-1-2-4-8(7)6-10(9)12(14)15-11;1-3-7-11(8-4-1)12-9-5-2-6-10-12;1-2-6-10-8-4-3-7-9(10)5-1;4*1-2;2*2-1-3/h3-8,10-11H,9H2,1-2H3;6-9,15H,4-5H2,1-3H3;1-8H,9H2;5-9,14H,3-4H2,1-2H3;1-8H;1-6H;1-10H;1-8H;4*1-2H3;;/b;12-9+;;11-9+;;;;;;;;;;. The summed E-state index contributed by atoms with van der Waals surface area (Å²) in [5.74, 6) is -0.249. The molecule has 0 amide bonds. The van der Waals surface area contributed by atoms with Crippen LogP contribution in [-0.2, 0) is 55.8 Å². The van der Waals surface area contributed by atoms with Crippen molar-refractivity contribution in [1.29, 1.82) is 0 Å². The van der Waals surface area contributed by atoms with E-state index in [2.05, 4.69) is 134 Å². The van der Waals surface area contributed by atoms with Crippen LogP contribution in [0.25, 0.3) is 56.0 Å². The zero-order valence-electron chi connectivity index (χ0n) is 77.3. The van der Waals surface area contributed by atoms with E-state index >= 15 is 0 Å². The van der Waals surface area contributed by atoms with Crippen LogP contribution in [0.4, 0.5) is 0 Å². The van der Waals surface area contributed by atoms with Gasteiger partial charge < -0.3 is 24.4 Å². The number of ketones is 3. The highest BCUT2D eigenvalue weighted by molar-refractivity contribution is 6.22. The molecule has 0 radical (unpaired) electrons. The number of carbonyl (C=O) groups excluding carboxylic acids is 11. The van der Waals surface area contributed by atoms with Gasteiger partial charge in [-0.05, 0) is 195 Å². The number of ether oxygens (including phenoxy) is 3. The van der Waals surface area contributed by atoms with Crippen molar-refractivity contribution in [3.05, 3.63) is 428 Å². The van der Waals surface area contributed by atoms with Gasteiger partial charge in [-0.15, -0.1) is 0 Å². The van der Waals surface area contributed by atoms with E-state index in [-0.39, 0.29) is 53.1 Å². The van der Waals surface area contributed by atoms with Crippen molar-refractivity contribution < 1.29 is 77.2 Å². The largest absolute Gasteiger partial charge is 0.508 e. The average molecular weight is 1750 g/mol. The zero-order chi connectivity index (χ0) is 96.2. The number of carbonyl (C=O) groups is 7. The number of rotatable bonds is 10. The van der Waals surface area contributed by atoms with Gasteiger partial charge >= 0.3 is 36.2 Å². The first-order chi connectivity index (χ1) is 63.7. The van der Waals surface area contributed by atoms with Gasteiger partial charge in [0.25, 0.3) is 0 Å².